The van der Waals surface area contributed by atoms with E-state index >= 15 is 0 Å². The van der Waals surface area contributed by atoms with Crippen LogP contribution in [-0.4, -0.2) is 31.9 Å². The fourth-order valence-electron chi connectivity index (χ4n) is 3.01. The van der Waals surface area contributed by atoms with E-state index in [1.165, 1.54) is 11.3 Å². The molecule has 156 valence electrons. The molecule has 2 heterocycles. The number of sulfone groups is 1. The highest BCUT2D eigenvalue weighted by atomic mass is 32.2. The zero-order valence-electron chi connectivity index (χ0n) is 16.0. The molecule has 1 aromatic heterocycles. The van der Waals surface area contributed by atoms with Crippen LogP contribution < -0.4 is 14.8 Å². The fourth-order valence-corrected chi connectivity index (χ4v) is 5.18. The number of nitrogens with zero attached hydrogens (tertiary/aromatic N) is 1. The predicted octanol–water partition coefficient (Wildman–Crippen LogP) is 3.41. The first kappa shape index (κ1) is 20.4. The molecule has 0 saturated heterocycles. The molecular formula is C21H20N2O5S2. The summed E-state index contributed by atoms with van der Waals surface area (Å²) >= 11 is 1.44. The van der Waals surface area contributed by atoms with Crippen molar-refractivity contribution in [3.05, 3.63) is 70.2 Å². The lowest BCUT2D eigenvalue weighted by Gasteiger charge is -2.06. The third-order valence-corrected chi connectivity index (χ3v) is 6.92. The highest BCUT2D eigenvalue weighted by Gasteiger charge is 2.18. The zero-order chi connectivity index (χ0) is 21.0. The number of benzene rings is 2. The summed E-state index contributed by atoms with van der Waals surface area (Å²) in [5.74, 6) is 0.381. The molecule has 0 radical (unpaired) electrons. The van der Waals surface area contributed by atoms with Gasteiger partial charge in [-0.15, -0.1) is 11.3 Å². The van der Waals surface area contributed by atoms with Gasteiger partial charge in [0.25, 0.3) is 0 Å². The second kappa shape index (κ2) is 8.85. The molecule has 9 heteroatoms. The van der Waals surface area contributed by atoms with Crippen molar-refractivity contribution in [3.63, 3.8) is 0 Å². The summed E-state index contributed by atoms with van der Waals surface area (Å²) in [6, 6.07) is 14.9. The summed E-state index contributed by atoms with van der Waals surface area (Å²) in [5, 5.41) is 5.32. The molecule has 0 atom stereocenters. The van der Waals surface area contributed by atoms with Crippen LogP contribution in [0.25, 0.3) is 0 Å². The van der Waals surface area contributed by atoms with Gasteiger partial charge in [0.15, 0.2) is 21.3 Å². The summed E-state index contributed by atoms with van der Waals surface area (Å²) < 4.78 is 35.3. The Labute approximate surface area is 178 Å². The van der Waals surface area contributed by atoms with Crippen molar-refractivity contribution in [2.75, 3.05) is 17.9 Å². The Morgan fingerprint density at radius 2 is 1.90 bits per heavy atom. The van der Waals surface area contributed by atoms with Crippen LogP contribution in [0.5, 0.6) is 11.5 Å². The minimum Gasteiger partial charge on any atom is -0.454 e. The molecule has 1 aliphatic rings. The van der Waals surface area contributed by atoms with Crippen LogP contribution in [0.3, 0.4) is 0 Å². The van der Waals surface area contributed by atoms with Gasteiger partial charge in [0.1, 0.15) is 0 Å². The quantitative estimate of drug-likeness (QED) is 0.572. The topological polar surface area (TPSA) is 94.6 Å². The lowest BCUT2D eigenvalue weighted by molar-refractivity contribution is -0.115. The van der Waals surface area contributed by atoms with E-state index in [1.807, 2.05) is 30.3 Å². The van der Waals surface area contributed by atoms with Crippen molar-refractivity contribution < 1.29 is 22.7 Å². The van der Waals surface area contributed by atoms with Gasteiger partial charge in [-0.3, -0.25) is 4.79 Å². The Morgan fingerprint density at radius 3 is 2.73 bits per heavy atom. The highest BCUT2D eigenvalue weighted by molar-refractivity contribution is 7.90. The average Bonchev–Trinajstić information content (AvgIpc) is 3.36. The first-order valence-corrected chi connectivity index (χ1v) is 12.0. The van der Waals surface area contributed by atoms with Gasteiger partial charge in [-0.2, -0.15) is 0 Å². The van der Waals surface area contributed by atoms with Gasteiger partial charge in [0, 0.05) is 30.0 Å². The number of carbonyl (C=O) groups is 1. The second-order valence-electron chi connectivity index (χ2n) is 6.85. The van der Waals surface area contributed by atoms with E-state index in [-0.39, 0.29) is 30.6 Å². The molecule has 0 bridgehead atoms. The predicted molar refractivity (Wildman–Crippen MR) is 115 cm³/mol. The number of rotatable bonds is 8. The third kappa shape index (κ3) is 5.37. The standard InChI is InChI=1S/C21H20N2O5S2/c24-20(22-16-6-7-18-19(11-16)28-14-27-18)8-9-30(25,26)13-17-12-29-21(23-17)10-15-4-2-1-3-5-15/h1-7,11-12H,8-10,13-14H2,(H,22,24). The largest absolute Gasteiger partial charge is 0.454 e. The molecule has 0 fully saturated rings. The molecule has 2 aromatic carbocycles. The Hall–Kier alpha value is -2.91. The van der Waals surface area contributed by atoms with Crippen molar-refractivity contribution >= 4 is 32.8 Å². The van der Waals surface area contributed by atoms with E-state index in [1.54, 1.807) is 23.6 Å². The summed E-state index contributed by atoms with van der Waals surface area (Å²) in [7, 11) is -3.45. The maximum atomic E-state index is 12.4. The van der Waals surface area contributed by atoms with Crippen LogP contribution in [-0.2, 0) is 26.8 Å². The first-order valence-electron chi connectivity index (χ1n) is 9.34. The Kier molecular flexibility index (Phi) is 6.01. The van der Waals surface area contributed by atoms with Gasteiger partial charge >= 0.3 is 0 Å². The van der Waals surface area contributed by atoms with Crippen LogP contribution in [0, 0.1) is 0 Å². The monoisotopic (exact) mass is 444 g/mol. The minimum absolute atomic E-state index is 0.127. The Bertz CT molecular complexity index is 1140. The van der Waals surface area contributed by atoms with Gasteiger partial charge in [-0.1, -0.05) is 30.3 Å². The molecule has 0 aliphatic carbocycles. The number of aromatic nitrogens is 1. The maximum absolute atomic E-state index is 12.4. The smallest absolute Gasteiger partial charge is 0.231 e. The molecule has 7 nitrogen and oxygen atoms in total. The molecule has 0 spiro atoms. The first-order chi connectivity index (χ1) is 14.5. The number of thiazole rings is 1. The highest BCUT2D eigenvalue weighted by Crippen LogP contribution is 2.34. The number of fused-ring (bicyclic) bond motifs is 1. The van der Waals surface area contributed by atoms with Crippen molar-refractivity contribution in [1.82, 2.24) is 4.98 Å². The molecule has 0 unspecified atom stereocenters. The van der Waals surface area contributed by atoms with E-state index in [0.717, 1.165) is 10.6 Å². The molecular weight excluding hydrogens is 424 g/mol. The normalized spacial score (nSPS) is 12.7. The summed E-state index contributed by atoms with van der Waals surface area (Å²) in [6.07, 6.45) is 0.543. The molecule has 1 N–H and O–H groups in total. The van der Waals surface area contributed by atoms with Crippen molar-refractivity contribution in [3.8, 4) is 11.5 Å². The van der Waals surface area contributed by atoms with Gasteiger partial charge in [-0.05, 0) is 17.7 Å². The third-order valence-electron chi connectivity index (χ3n) is 4.46. The summed E-state index contributed by atoms with van der Waals surface area (Å²) in [5.41, 5.74) is 2.18. The number of carbonyl (C=O) groups excluding carboxylic acids is 1. The number of anilines is 1. The van der Waals surface area contributed by atoms with Crippen LogP contribution in [0.2, 0.25) is 0 Å². The lowest BCUT2D eigenvalue weighted by atomic mass is 10.2. The number of nitrogens with one attached hydrogen (secondary N) is 1. The van der Waals surface area contributed by atoms with Crippen molar-refractivity contribution in [2.24, 2.45) is 0 Å². The SMILES string of the molecule is O=C(CCS(=O)(=O)Cc1csc(Cc2ccccc2)n1)Nc1ccc2c(c1)OCO2. The molecule has 3 aromatic rings. The zero-order valence-corrected chi connectivity index (χ0v) is 17.7. The van der Waals surface area contributed by atoms with E-state index < -0.39 is 9.84 Å². The van der Waals surface area contributed by atoms with E-state index in [9.17, 15) is 13.2 Å². The fraction of sp³-hybridized carbons (Fsp3) is 0.238. The lowest BCUT2D eigenvalue weighted by Crippen LogP contribution is -2.18. The van der Waals surface area contributed by atoms with E-state index in [0.29, 0.717) is 29.3 Å². The van der Waals surface area contributed by atoms with Crippen LogP contribution in [0.1, 0.15) is 22.7 Å². The van der Waals surface area contributed by atoms with Gasteiger partial charge in [-0.25, -0.2) is 13.4 Å². The molecule has 4 rings (SSSR count). The molecule has 1 amide bonds. The van der Waals surface area contributed by atoms with Crippen LogP contribution in [0.4, 0.5) is 5.69 Å². The maximum Gasteiger partial charge on any atom is 0.231 e. The molecule has 30 heavy (non-hydrogen) atoms. The summed E-state index contributed by atoms with van der Waals surface area (Å²) in [4.78, 5) is 16.6. The van der Waals surface area contributed by atoms with E-state index in [2.05, 4.69) is 10.3 Å². The number of hydrogen-bond acceptors (Lipinski definition) is 7. The minimum atomic E-state index is -3.45. The van der Waals surface area contributed by atoms with Gasteiger partial charge < -0.3 is 14.8 Å². The van der Waals surface area contributed by atoms with Gasteiger partial charge in [0.05, 0.1) is 22.2 Å². The summed E-state index contributed by atoms with van der Waals surface area (Å²) in [6.45, 7) is 0.147. The average molecular weight is 445 g/mol. The van der Waals surface area contributed by atoms with Crippen molar-refractivity contribution in [1.29, 1.82) is 0 Å². The Balaban J connectivity index is 1.28. The van der Waals surface area contributed by atoms with Crippen LogP contribution in [0.15, 0.2) is 53.9 Å². The number of ether oxygens (including phenoxy) is 2. The van der Waals surface area contributed by atoms with Crippen molar-refractivity contribution in [2.45, 2.75) is 18.6 Å². The number of amides is 1. The Morgan fingerprint density at radius 1 is 1.10 bits per heavy atom. The van der Waals surface area contributed by atoms with Crippen LogP contribution >= 0.6 is 11.3 Å². The van der Waals surface area contributed by atoms with E-state index in [4.69, 9.17) is 9.47 Å². The van der Waals surface area contributed by atoms with Gasteiger partial charge in [0.2, 0.25) is 12.7 Å². The molecule has 1 aliphatic heterocycles. The molecule has 0 saturated carbocycles. The number of hydrogen-bond donors (Lipinski definition) is 1. The second-order valence-corrected chi connectivity index (χ2v) is 9.98.